The van der Waals surface area contributed by atoms with Crippen LogP contribution in [0.25, 0.3) is 0 Å². The van der Waals surface area contributed by atoms with Crippen LogP contribution in [0.15, 0.2) is 18.2 Å². The van der Waals surface area contributed by atoms with Gasteiger partial charge >= 0.3 is 5.97 Å². The Morgan fingerprint density at radius 3 is 2.81 bits per heavy atom. The van der Waals surface area contributed by atoms with Crippen molar-refractivity contribution in [1.82, 2.24) is 0 Å². The first kappa shape index (κ1) is 15.9. The number of hydrogen-bond acceptors (Lipinski definition) is 5. The molecule has 2 rings (SSSR count). The van der Waals surface area contributed by atoms with Gasteiger partial charge < -0.3 is 9.47 Å². The fraction of sp³-hybridized carbons (Fsp3) is 0.500. The molecular formula is C14H17FO5S. The lowest BCUT2D eigenvalue weighted by Crippen LogP contribution is -2.21. The van der Waals surface area contributed by atoms with Gasteiger partial charge in [-0.25, -0.2) is 17.6 Å². The molecule has 21 heavy (non-hydrogen) atoms. The zero-order valence-electron chi connectivity index (χ0n) is 11.7. The molecule has 0 aliphatic carbocycles. The largest absolute Gasteiger partial charge is 0.465 e. The summed E-state index contributed by atoms with van der Waals surface area (Å²) in [4.78, 5) is 11.3. The third-order valence-corrected chi connectivity index (χ3v) is 4.94. The lowest BCUT2D eigenvalue weighted by molar-refractivity contribution is 0.0595. The van der Waals surface area contributed by atoms with Crippen molar-refractivity contribution in [2.45, 2.75) is 24.7 Å². The second-order valence-corrected chi connectivity index (χ2v) is 7.10. The molecule has 1 aromatic carbocycles. The van der Waals surface area contributed by atoms with Crippen LogP contribution in [0.5, 0.6) is 0 Å². The number of hydrogen-bond donors (Lipinski definition) is 0. The predicted molar refractivity (Wildman–Crippen MR) is 74.2 cm³/mol. The van der Waals surface area contributed by atoms with Crippen LogP contribution in [0.1, 0.15) is 28.8 Å². The fourth-order valence-electron chi connectivity index (χ4n) is 2.30. The number of sulfone groups is 1. The van der Waals surface area contributed by atoms with Crippen molar-refractivity contribution in [1.29, 1.82) is 0 Å². The van der Waals surface area contributed by atoms with E-state index in [4.69, 9.17) is 4.74 Å². The number of halogens is 1. The molecular weight excluding hydrogens is 299 g/mol. The Morgan fingerprint density at radius 1 is 1.48 bits per heavy atom. The van der Waals surface area contributed by atoms with Crippen molar-refractivity contribution in [3.63, 3.8) is 0 Å². The minimum Gasteiger partial charge on any atom is -0.465 e. The van der Waals surface area contributed by atoms with E-state index in [-0.39, 0.29) is 23.2 Å². The molecule has 1 aliphatic rings. The van der Waals surface area contributed by atoms with Crippen LogP contribution in [0.3, 0.4) is 0 Å². The summed E-state index contributed by atoms with van der Waals surface area (Å²) in [5.41, 5.74) is 0.0934. The molecule has 0 aromatic heterocycles. The van der Waals surface area contributed by atoms with Gasteiger partial charge in [0.15, 0.2) is 9.84 Å². The summed E-state index contributed by atoms with van der Waals surface area (Å²) in [6.45, 7) is 0.586. The molecule has 0 N–H and O–H groups in total. The standard InChI is InChI=1S/C14H17FO5S/c1-19-14(16)12-5-4-10(7-13(12)15)8-21(17,18)9-11-3-2-6-20-11/h4-5,7,11H,2-3,6,8-9H2,1H3. The second kappa shape index (κ2) is 6.53. The molecule has 1 saturated heterocycles. The highest BCUT2D eigenvalue weighted by Gasteiger charge is 2.24. The van der Waals surface area contributed by atoms with E-state index in [1.807, 2.05) is 0 Å². The zero-order valence-corrected chi connectivity index (χ0v) is 12.5. The van der Waals surface area contributed by atoms with E-state index in [2.05, 4.69) is 4.74 Å². The minimum atomic E-state index is -3.38. The Hall–Kier alpha value is -1.47. The van der Waals surface area contributed by atoms with E-state index in [0.29, 0.717) is 12.2 Å². The Balaban J connectivity index is 2.08. The monoisotopic (exact) mass is 316 g/mol. The van der Waals surface area contributed by atoms with Crippen LogP contribution in [0, 0.1) is 5.82 Å². The SMILES string of the molecule is COC(=O)c1ccc(CS(=O)(=O)CC2CCCO2)cc1F. The number of benzene rings is 1. The highest BCUT2D eigenvalue weighted by Crippen LogP contribution is 2.18. The molecule has 116 valence electrons. The van der Waals surface area contributed by atoms with Gasteiger partial charge in [0.2, 0.25) is 0 Å². The zero-order chi connectivity index (χ0) is 15.5. The fourth-order valence-corrected chi connectivity index (χ4v) is 3.93. The molecule has 1 aromatic rings. The van der Waals surface area contributed by atoms with Crippen LogP contribution in [-0.4, -0.2) is 40.0 Å². The van der Waals surface area contributed by atoms with Gasteiger partial charge in [-0.05, 0) is 30.5 Å². The van der Waals surface area contributed by atoms with Gasteiger partial charge in [-0.1, -0.05) is 6.07 Å². The molecule has 1 heterocycles. The number of ether oxygens (including phenoxy) is 2. The number of carbonyl (C=O) groups excluding carboxylic acids is 1. The first-order chi connectivity index (χ1) is 9.91. The van der Waals surface area contributed by atoms with Gasteiger partial charge in [0.25, 0.3) is 0 Å². The van der Waals surface area contributed by atoms with Gasteiger partial charge in [-0.2, -0.15) is 0 Å². The smallest absolute Gasteiger partial charge is 0.340 e. The Bertz CT molecular complexity index is 620. The van der Waals surface area contributed by atoms with Crippen LogP contribution in [0.2, 0.25) is 0 Å². The summed E-state index contributed by atoms with van der Waals surface area (Å²) in [5.74, 6) is -1.91. The van der Waals surface area contributed by atoms with E-state index >= 15 is 0 Å². The van der Waals surface area contributed by atoms with Gasteiger partial charge in [-0.15, -0.1) is 0 Å². The maximum atomic E-state index is 13.7. The molecule has 1 aliphatic heterocycles. The van der Waals surface area contributed by atoms with Gasteiger partial charge in [-0.3, -0.25) is 0 Å². The highest BCUT2D eigenvalue weighted by atomic mass is 32.2. The van der Waals surface area contributed by atoms with Gasteiger partial charge in [0, 0.05) is 6.61 Å². The number of methoxy groups -OCH3 is 1. The van der Waals surface area contributed by atoms with E-state index in [9.17, 15) is 17.6 Å². The van der Waals surface area contributed by atoms with Crippen molar-refractivity contribution in [3.8, 4) is 0 Å². The second-order valence-electron chi connectivity index (χ2n) is 5.00. The summed E-state index contributed by atoms with van der Waals surface area (Å²) >= 11 is 0. The third kappa shape index (κ3) is 4.25. The van der Waals surface area contributed by atoms with E-state index in [1.165, 1.54) is 12.1 Å². The summed E-state index contributed by atoms with van der Waals surface area (Å²) < 4.78 is 47.6. The Labute approximate surface area is 123 Å². The third-order valence-electron chi connectivity index (χ3n) is 3.29. The summed E-state index contributed by atoms with van der Waals surface area (Å²) in [6, 6.07) is 3.71. The lowest BCUT2D eigenvalue weighted by Gasteiger charge is -2.10. The van der Waals surface area contributed by atoms with Crippen LogP contribution in [-0.2, 0) is 25.1 Å². The number of esters is 1. The summed E-state index contributed by atoms with van der Waals surface area (Å²) in [5, 5.41) is 0. The van der Waals surface area contributed by atoms with Crippen LogP contribution in [0.4, 0.5) is 4.39 Å². The molecule has 0 bridgehead atoms. The van der Waals surface area contributed by atoms with E-state index < -0.39 is 21.6 Å². The maximum absolute atomic E-state index is 13.7. The topological polar surface area (TPSA) is 69.7 Å². The average Bonchev–Trinajstić information content (AvgIpc) is 2.89. The van der Waals surface area contributed by atoms with Crippen molar-refractivity contribution in [2.24, 2.45) is 0 Å². The number of carbonyl (C=O) groups is 1. The predicted octanol–water partition coefficient (Wildman–Crippen LogP) is 1.71. The molecule has 1 unspecified atom stereocenters. The first-order valence-corrected chi connectivity index (χ1v) is 8.42. The van der Waals surface area contributed by atoms with Gasteiger partial charge in [0.05, 0.1) is 30.3 Å². The maximum Gasteiger partial charge on any atom is 0.340 e. The molecule has 1 fully saturated rings. The molecule has 0 saturated carbocycles. The van der Waals surface area contributed by atoms with E-state index in [0.717, 1.165) is 26.0 Å². The quantitative estimate of drug-likeness (QED) is 0.773. The van der Waals surface area contributed by atoms with E-state index in [1.54, 1.807) is 0 Å². The van der Waals surface area contributed by atoms with Crippen molar-refractivity contribution >= 4 is 15.8 Å². The molecule has 1 atom stereocenters. The first-order valence-electron chi connectivity index (χ1n) is 6.60. The Kier molecular flexibility index (Phi) is 4.95. The lowest BCUT2D eigenvalue weighted by atomic mass is 10.1. The average molecular weight is 316 g/mol. The minimum absolute atomic E-state index is 0.0621. The number of rotatable bonds is 5. The summed E-state index contributed by atoms with van der Waals surface area (Å²) in [6.07, 6.45) is 1.33. The van der Waals surface area contributed by atoms with Crippen molar-refractivity contribution < 1.29 is 27.1 Å². The van der Waals surface area contributed by atoms with Crippen LogP contribution >= 0.6 is 0 Å². The molecule has 0 amide bonds. The van der Waals surface area contributed by atoms with Crippen LogP contribution < -0.4 is 0 Å². The molecule has 5 nitrogen and oxygen atoms in total. The highest BCUT2D eigenvalue weighted by molar-refractivity contribution is 7.90. The summed E-state index contributed by atoms with van der Waals surface area (Å²) in [7, 11) is -2.23. The molecule has 0 radical (unpaired) electrons. The normalized spacial score (nSPS) is 18.7. The molecule has 0 spiro atoms. The van der Waals surface area contributed by atoms with Crippen molar-refractivity contribution in [2.75, 3.05) is 19.5 Å². The van der Waals surface area contributed by atoms with Gasteiger partial charge in [0.1, 0.15) is 5.82 Å². The molecule has 7 heteroatoms. The van der Waals surface area contributed by atoms with Crippen molar-refractivity contribution in [3.05, 3.63) is 35.1 Å². The Morgan fingerprint density at radius 2 is 2.24 bits per heavy atom.